The minimum Gasteiger partial charge on any atom is -0.405 e. The molecule has 1 rings (SSSR count). The lowest BCUT2D eigenvalue weighted by molar-refractivity contribution is -0.274. The number of benzene rings is 1. The number of aliphatic imine (C=N–C) groups is 1. The molecule has 23 heavy (non-hydrogen) atoms. The lowest BCUT2D eigenvalue weighted by Crippen LogP contribution is -2.37. The van der Waals surface area contributed by atoms with Gasteiger partial charge in [0.05, 0.1) is 0 Å². The van der Waals surface area contributed by atoms with E-state index < -0.39 is 6.36 Å². The first kappa shape index (κ1) is 21.6. The number of para-hydroxylation sites is 1. The van der Waals surface area contributed by atoms with E-state index >= 15 is 0 Å². The van der Waals surface area contributed by atoms with Gasteiger partial charge in [0, 0.05) is 25.7 Å². The SMILES string of the molecule is C/C=C/CCNC(=NC)NCc1ccccc1OC(F)(F)F.I. The summed E-state index contributed by atoms with van der Waals surface area (Å²) >= 11 is 0. The molecule has 0 aliphatic rings. The summed E-state index contributed by atoms with van der Waals surface area (Å²) < 4.78 is 41.0. The second kappa shape index (κ2) is 11.1. The van der Waals surface area contributed by atoms with Crippen LogP contribution in [0.15, 0.2) is 41.4 Å². The maximum atomic E-state index is 12.3. The van der Waals surface area contributed by atoms with E-state index in [0.29, 0.717) is 18.1 Å². The molecule has 0 heterocycles. The minimum absolute atomic E-state index is 0. The van der Waals surface area contributed by atoms with Crippen LogP contribution in [0.1, 0.15) is 18.9 Å². The molecule has 0 bridgehead atoms. The van der Waals surface area contributed by atoms with Crippen LogP contribution < -0.4 is 15.4 Å². The van der Waals surface area contributed by atoms with E-state index in [1.807, 2.05) is 19.1 Å². The first-order chi connectivity index (χ1) is 10.5. The van der Waals surface area contributed by atoms with Crippen molar-refractivity contribution in [1.82, 2.24) is 10.6 Å². The molecule has 0 fully saturated rings. The zero-order valence-corrected chi connectivity index (χ0v) is 15.3. The van der Waals surface area contributed by atoms with Gasteiger partial charge in [-0.1, -0.05) is 30.4 Å². The fraction of sp³-hybridized carbons (Fsp3) is 0.400. The van der Waals surface area contributed by atoms with E-state index in [-0.39, 0.29) is 36.3 Å². The molecule has 0 atom stereocenters. The third-order valence-corrected chi connectivity index (χ3v) is 2.71. The van der Waals surface area contributed by atoms with Crippen LogP contribution in [0.3, 0.4) is 0 Å². The third-order valence-electron chi connectivity index (χ3n) is 2.71. The Kier molecular flexibility index (Phi) is 10.4. The van der Waals surface area contributed by atoms with Gasteiger partial charge in [0.1, 0.15) is 5.75 Å². The first-order valence-electron chi connectivity index (χ1n) is 6.85. The lowest BCUT2D eigenvalue weighted by atomic mass is 10.2. The molecular weight excluding hydrogens is 422 g/mol. The van der Waals surface area contributed by atoms with Crippen molar-refractivity contribution in [3.8, 4) is 5.75 Å². The highest BCUT2D eigenvalue weighted by molar-refractivity contribution is 14.0. The Morgan fingerprint density at radius 3 is 2.57 bits per heavy atom. The van der Waals surface area contributed by atoms with Gasteiger partial charge in [-0.3, -0.25) is 4.99 Å². The Bertz CT molecular complexity index is 519. The number of halogens is 4. The topological polar surface area (TPSA) is 45.7 Å². The molecule has 0 aromatic heterocycles. The molecule has 1 aromatic carbocycles. The molecule has 0 amide bonds. The Labute approximate surface area is 151 Å². The van der Waals surface area contributed by atoms with Crippen LogP contribution in [0.5, 0.6) is 5.75 Å². The van der Waals surface area contributed by atoms with Crippen LogP contribution in [-0.2, 0) is 6.54 Å². The normalized spacial score (nSPS) is 12.0. The molecular formula is C15H21F3IN3O. The zero-order valence-electron chi connectivity index (χ0n) is 13.0. The summed E-state index contributed by atoms with van der Waals surface area (Å²) in [7, 11) is 1.60. The van der Waals surface area contributed by atoms with Gasteiger partial charge < -0.3 is 15.4 Å². The third kappa shape index (κ3) is 9.32. The van der Waals surface area contributed by atoms with Crippen molar-refractivity contribution in [3.63, 3.8) is 0 Å². The van der Waals surface area contributed by atoms with Crippen LogP contribution in [-0.4, -0.2) is 25.9 Å². The van der Waals surface area contributed by atoms with E-state index in [0.717, 1.165) is 6.42 Å². The molecule has 0 spiro atoms. The molecule has 2 N–H and O–H groups in total. The van der Waals surface area contributed by atoms with Crippen LogP contribution in [0.4, 0.5) is 13.2 Å². The van der Waals surface area contributed by atoms with Crippen molar-refractivity contribution in [2.45, 2.75) is 26.3 Å². The second-order valence-electron chi connectivity index (χ2n) is 4.37. The summed E-state index contributed by atoms with van der Waals surface area (Å²) in [5.41, 5.74) is 0.399. The van der Waals surface area contributed by atoms with E-state index in [1.54, 1.807) is 19.2 Å². The van der Waals surface area contributed by atoms with E-state index in [9.17, 15) is 13.2 Å². The van der Waals surface area contributed by atoms with Gasteiger partial charge >= 0.3 is 6.36 Å². The van der Waals surface area contributed by atoms with Crippen molar-refractivity contribution >= 4 is 29.9 Å². The van der Waals surface area contributed by atoms with Crippen molar-refractivity contribution in [3.05, 3.63) is 42.0 Å². The number of ether oxygens (including phenoxy) is 1. The van der Waals surface area contributed by atoms with Gasteiger partial charge in [-0.2, -0.15) is 0 Å². The monoisotopic (exact) mass is 443 g/mol. The molecule has 0 radical (unpaired) electrons. The Hall–Kier alpha value is -1.45. The van der Waals surface area contributed by atoms with E-state index in [2.05, 4.69) is 20.4 Å². The fourth-order valence-electron chi connectivity index (χ4n) is 1.71. The number of rotatable bonds is 6. The number of nitrogens with one attached hydrogen (secondary N) is 2. The molecule has 8 heteroatoms. The predicted octanol–water partition coefficient (Wildman–Crippen LogP) is 3.83. The van der Waals surface area contributed by atoms with Gasteiger partial charge in [-0.25, -0.2) is 0 Å². The Morgan fingerprint density at radius 1 is 1.26 bits per heavy atom. The van der Waals surface area contributed by atoms with E-state index in [1.165, 1.54) is 12.1 Å². The molecule has 4 nitrogen and oxygen atoms in total. The average Bonchev–Trinajstić information content (AvgIpc) is 2.46. The van der Waals surface area contributed by atoms with Crippen molar-refractivity contribution in [2.75, 3.05) is 13.6 Å². The highest BCUT2D eigenvalue weighted by Crippen LogP contribution is 2.25. The molecule has 1 aromatic rings. The van der Waals surface area contributed by atoms with Crippen molar-refractivity contribution < 1.29 is 17.9 Å². The summed E-state index contributed by atoms with van der Waals surface area (Å²) in [5, 5.41) is 6.02. The molecule has 0 unspecified atom stereocenters. The van der Waals surface area contributed by atoms with Crippen LogP contribution in [0, 0.1) is 0 Å². The van der Waals surface area contributed by atoms with Gasteiger partial charge in [-0.15, -0.1) is 37.1 Å². The fourth-order valence-corrected chi connectivity index (χ4v) is 1.71. The quantitative estimate of drug-likeness (QED) is 0.231. The number of alkyl halides is 3. The predicted molar refractivity (Wildman–Crippen MR) is 96.2 cm³/mol. The molecule has 130 valence electrons. The number of hydrogen-bond donors (Lipinski definition) is 2. The van der Waals surface area contributed by atoms with Crippen molar-refractivity contribution in [2.24, 2.45) is 4.99 Å². The number of guanidine groups is 1. The average molecular weight is 443 g/mol. The Balaban J connectivity index is 0.00000484. The molecule has 0 saturated carbocycles. The summed E-state index contributed by atoms with van der Waals surface area (Å²) in [6.45, 7) is 2.80. The Morgan fingerprint density at radius 2 is 1.96 bits per heavy atom. The smallest absolute Gasteiger partial charge is 0.405 e. The van der Waals surface area contributed by atoms with Gasteiger partial charge in [-0.05, 0) is 19.4 Å². The molecule has 0 saturated heterocycles. The summed E-state index contributed by atoms with van der Waals surface area (Å²) in [5.74, 6) is 0.304. The summed E-state index contributed by atoms with van der Waals surface area (Å²) in [4.78, 5) is 4.01. The maximum Gasteiger partial charge on any atom is 0.573 e. The lowest BCUT2D eigenvalue weighted by Gasteiger charge is -2.15. The summed E-state index contributed by atoms with van der Waals surface area (Å²) in [6.07, 6.45) is 0.0861. The summed E-state index contributed by atoms with van der Waals surface area (Å²) in [6, 6.07) is 6.01. The van der Waals surface area contributed by atoms with Gasteiger partial charge in [0.25, 0.3) is 0 Å². The van der Waals surface area contributed by atoms with Crippen LogP contribution in [0.25, 0.3) is 0 Å². The first-order valence-corrected chi connectivity index (χ1v) is 6.85. The zero-order chi connectivity index (χ0) is 16.4. The second-order valence-corrected chi connectivity index (χ2v) is 4.37. The van der Waals surface area contributed by atoms with Gasteiger partial charge in [0.15, 0.2) is 5.96 Å². The molecule has 0 aliphatic heterocycles. The standard InChI is InChI=1S/C15H20F3N3O.HI/c1-3-4-7-10-20-14(19-2)21-11-12-8-5-6-9-13(12)22-15(16,17)18;/h3-6,8-9H,7,10-11H2,1-2H3,(H2,19,20,21);1H/b4-3+;. The molecule has 0 aliphatic carbocycles. The van der Waals surface area contributed by atoms with E-state index in [4.69, 9.17) is 0 Å². The highest BCUT2D eigenvalue weighted by Gasteiger charge is 2.31. The van der Waals surface area contributed by atoms with Gasteiger partial charge in [0.2, 0.25) is 0 Å². The van der Waals surface area contributed by atoms with Crippen molar-refractivity contribution in [1.29, 1.82) is 0 Å². The largest absolute Gasteiger partial charge is 0.573 e. The van der Waals surface area contributed by atoms with Crippen LogP contribution >= 0.6 is 24.0 Å². The number of nitrogens with zero attached hydrogens (tertiary/aromatic N) is 1. The van der Waals surface area contributed by atoms with Crippen LogP contribution in [0.2, 0.25) is 0 Å². The highest BCUT2D eigenvalue weighted by atomic mass is 127. The minimum atomic E-state index is -4.71. The number of hydrogen-bond acceptors (Lipinski definition) is 2. The maximum absolute atomic E-state index is 12.3. The number of allylic oxidation sites excluding steroid dienone is 1.